The van der Waals surface area contributed by atoms with E-state index in [2.05, 4.69) is 36.5 Å². The van der Waals surface area contributed by atoms with Crippen LogP contribution in [0.3, 0.4) is 0 Å². The zero-order valence-corrected chi connectivity index (χ0v) is 10.7. The van der Waals surface area contributed by atoms with E-state index in [1.54, 1.807) is 11.3 Å². The molecule has 0 aliphatic carbocycles. The molecular weight excluding hydrogens is 212 g/mol. The number of nitrogens with one attached hydrogen (secondary N) is 1. The molecule has 0 atom stereocenters. The summed E-state index contributed by atoms with van der Waals surface area (Å²) in [6, 6.07) is 0. The van der Waals surface area contributed by atoms with E-state index in [0.717, 1.165) is 24.5 Å². The van der Waals surface area contributed by atoms with Crippen LogP contribution in [0.25, 0.3) is 0 Å². The van der Waals surface area contributed by atoms with Gasteiger partial charge >= 0.3 is 0 Å². The lowest BCUT2D eigenvalue weighted by Crippen LogP contribution is -2.19. The molecule has 1 heterocycles. The van der Waals surface area contributed by atoms with Crippen molar-refractivity contribution >= 4 is 23.1 Å². The summed E-state index contributed by atoms with van der Waals surface area (Å²) in [5, 5.41) is 5.47. The van der Waals surface area contributed by atoms with Gasteiger partial charge in [-0.1, -0.05) is 20.8 Å². The van der Waals surface area contributed by atoms with Crippen molar-refractivity contribution in [2.24, 2.45) is 0 Å². The third kappa shape index (κ3) is 5.62. The quantitative estimate of drug-likeness (QED) is 0.787. The fourth-order valence-electron chi connectivity index (χ4n) is 0.971. The van der Waals surface area contributed by atoms with Gasteiger partial charge in [0, 0.05) is 29.0 Å². The topological polar surface area (TPSA) is 24.9 Å². The Balaban J connectivity index is 2.00. The van der Waals surface area contributed by atoms with Gasteiger partial charge in [0.25, 0.3) is 0 Å². The van der Waals surface area contributed by atoms with Crippen LogP contribution >= 0.6 is 23.1 Å². The van der Waals surface area contributed by atoms with E-state index in [4.69, 9.17) is 0 Å². The van der Waals surface area contributed by atoms with Crippen molar-refractivity contribution in [1.82, 2.24) is 10.3 Å². The second-order valence-electron chi connectivity index (χ2n) is 4.12. The second kappa shape index (κ2) is 5.73. The van der Waals surface area contributed by atoms with Gasteiger partial charge in [0.15, 0.2) is 0 Å². The highest BCUT2D eigenvalue weighted by atomic mass is 32.2. The fourth-order valence-corrected chi connectivity index (χ4v) is 2.39. The first-order chi connectivity index (χ1) is 6.58. The predicted octanol–water partition coefficient (Wildman–Crippen LogP) is 2.76. The van der Waals surface area contributed by atoms with Crippen LogP contribution in [0.5, 0.6) is 0 Å². The maximum absolute atomic E-state index is 4.21. The van der Waals surface area contributed by atoms with Gasteiger partial charge < -0.3 is 5.32 Å². The van der Waals surface area contributed by atoms with Crippen molar-refractivity contribution < 1.29 is 0 Å². The molecule has 1 rings (SSSR count). The largest absolute Gasteiger partial charge is 0.310 e. The molecule has 0 bridgehead atoms. The number of rotatable bonds is 5. The average molecular weight is 230 g/mol. The molecule has 0 fully saturated rings. The molecule has 0 aromatic carbocycles. The van der Waals surface area contributed by atoms with Gasteiger partial charge in [-0.25, -0.2) is 4.98 Å². The molecule has 80 valence electrons. The summed E-state index contributed by atoms with van der Waals surface area (Å²) in [6.07, 6.45) is 0. The third-order valence-corrected chi connectivity index (χ3v) is 3.51. The van der Waals surface area contributed by atoms with Crippen molar-refractivity contribution in [2.45, 2.75) is 32.1 Å². The molecule has 1 aromatic heterocycles. The van der Waals surface area contributed by atoms with E-state index in [1.807, 2.05) is 17.3 Å². The zero-order chi connectivity index (χ0) is 10.4. The van der Waals surface area contributed by atoms with Crippen LogP contribution in [0.2, 0.25) is 0 Å². The number of thiazole rings is 1. The van der Waals surface area contributed by atoms with Crippen molar-refractivity contribution in [1.29, 1.82) is 0 Å². The maximum atomic E-state index is 4.21. The van der Waals surface area contributed by atoms with Crippen LogP contribution in [-0.4, -0.2) is 22.0 Å². The maximum Gasteiger partial charge on any atom is 0.0795 e. The Labute approximate surface area is 94.5 Å². The summed E-state index contributed by atoms with van der Waals surface area (Å²) in [6.45, 7) is 8.70. The van der Waals surface area contributed by atoms with Crippen LogP contribution in [0.15, 0.2) is 10.9 Å². The van der Waals surface area contributed by atoms with Crippen LogP contribution in [-0.2, 0) is 6.54 Å². The summed E-state index contributed by atoms with van der Waals surface area (Å²) in [5.74, 6) is 1.16. The van der Waals surface area contributed by atoms with Gasteiger partial charge in [-0.3, -0.25) is 0 Å². The summed E-state index contributed by atoms with van der Waals surface area (Å²) in [5.41, 5.74) is 3.02. The molecule has 0 aliphatic heterocycles. The average Bonchev–Trinajstić information content (AvgIpc) is 2.54. The lowest BCUT2D eigenvalue weighted by molar-refractivity contribution is 0.714. The number of hydrogen-bond donors (Lipinski definition) is 1. The van der Waals surface area contributed by atoms with E-state index in [1.165, 1.54) is 0 Å². The van der Waals surface area contributed by atoms with Gasteiger partial charge in [0.2, 0.25) is 0 Å². The predicted molar refractivity (Wildman–Crippen MR) is 66.0 cm³/mol. The minimum atomic E-state index is 0.377. The van der Waals surface area contributed by atoms with Crippen molar-refractivity contribution in [3.8, 4) is 0 Å². The molecule has 1 aromatic rings. The van der Waals surface area contributed by atoms with Gasteiger partial charge in [-0.15, -0.1) is 11.3 Å². The summed E-state index contributed by atoms with van der Waals surface area (Å²) in [7, 11) is 0. The van der Waals surface area contributed by atoms with Crippen molar-refractivity contribution in [3.05, 3.63) is 16.6 Å². The van der Waals surface area contributed by atoms with E-state index in [9.17, 15) is 0 Å². The Morgan fingerprint density at radius 3 is 2.86 bits per heavy atom. The number of nitrogens with zero attached hydrogens (tertiary/aromatic N) is 1. The Morgan fingerprint density at radius 2 is 2.29 bits per heavy atom. The molecule has 0 spiro atoms. The van der Waals surface area contributed by atoms with Crippen LogP contribution in [0, 0.1) is 0 Å². The second-order valence-corrected chi connectivity index (χ2v) is 6.76. The zero-order valence-electron chi connectivity index (χ0n) is 9.04. The lowest BCUT2D eigenvalue weighted by Gasteiger charge is -2.17. The third-order valence-electron chi connectivity index (χ3n) is 1.60. The van der Waals surface area contributed by atoms with Crippen molar-refractivity contribution in [3.63, 3.8) is 0 Å². The first-order valence-electron chi connectivity index (χ1n) is 4.80. The van der Waals surface area contributed by atoms with Gasteiger partial charge in [0.1, 0.15) is 0 Å². The Hall–Kier alpha value is -0.0600. The Kier molecular flexibility index (Phi) is 4.92. The summed E-state index contributed by atoms with van der Waals surface area (Å²) < 4.78 is 0.377. The first-order valence-corrected chi connectivity index (χ1v) is 6.72. The highest BCUT2D eigenvalue weighted by Gasteiger charge is 2.08. The molecule has 14 heavy (non-hydrogen) atoms. The van der Waals surface area contributed by atoms with Gasteiger partial charge in [-0.05, 0) is 0 Å². The monoisotopic (exact) mass is 230 g/mol. The SMILES string of the molecule is CC(C)(C)SCCNCc1cscn1. The normalized spacial score (nSPS) is 11.9. The highest BCUT2D eigenvalue weighted by Crippen LogP contribution is 2.21. The fraction of sp³-hybridized carbons (Fsp3) is 0.700. The molecule has 0 aliphatic rings. The van der Waals surface area contributed by atoms with Crippen LogP contribution < -0.4 is 5.32 Å². The standard InChI is InChI=1S/C10H18N2S2/c1-10(2,3)14-5-4-11-6-9-7-13-8-12-9/h7-8,11H,4-6H2,1-3H3. The highest BCUT2D eigenvalue weighted by molar-refractivity contribution is 8.00. The number of aromatic nitrogens is 1. The smallest absolute Gasteiger partial charge is 0.0795 e. The lowest BCUT2D eigenvalue weighted by atomic mass is 10.3. The molecule has 4 heteroatoms. The first kappa shape index (κ1) is 12.0. The van der Waals surface area contributed by atoms with Gasteiger partial charge in [0.05, 0.1) is 11.2 Å². The summed E-state index contributed by atoms with van der Waals surface area (Å²) in [4.78, 5) is 4.21. The number of hydrogen-bond acceptors (Lipinski definition) is 4. The minimum absolute atomic E-state index is 0.377. The van der Waals surface area contributed by atoms with E-state index in [-0.39, 0.29) is 0 Å². The summed E-state index contributed by atoms with van der Waals surface area (Å²) >= 11 is 3.64. The molecular formula is C10H18N2S2. The molecule has 2 nitrogen and oxygen atoms in total. The van der Waals surface area contributed by atoms with Crippen molar-refractivity contribution in [2.75, 3.05) is 12.3 Å². The number of thioether (sulfide) groups is 1. The van der Waals surface area contributed by atoms with Crippen LogP contribution in [0.4, 0.5) is 0 Å². The molecule has 0 unspecified atom stereocenters. The van der Waals surface area contributed by atoms with Gasteiger partial charge in [-0.2, -0.15) is 11.8 Å². The van der Waals surface area contributed by atoms with E-state index >= 15 is 0 Å². The minimum Gasteiger partial charge on any atom is -0.310 e. The Morgan fingerprint density at radius 1 is 1.50 bits per heavy atom. The molecule has 0 saturated carbocycles. The Bertz CT molecular complexity index is 239. The molecule has 0 radical (unpaired) electrons. The molecule has 1 N–H and O–H groups in total. The van der Waals surface area contributed by atoms with E-state index < -0.39 is 0 Å². The van der Waals surface area contributed by atoms with E-state index in [0.29, 0.717) is 4.75 Å². The molecule has 0 amide bonds. The van der Waals surface area contributed by atoms with Crippen LogP contribution in [0.1, 0.15) is 26.5 Å². The molecule has 0 saturated heterocycles.